The lowest BCUT2D eigenvalue weighted by Crippen LogP contribution is -2.10. The summed E-state index contributed by atoms with van der Waals surface area (Å²) in [5.41, 5.74) is 1.12. The van der Waals surface area contributed by atoms with Crippen molar-refractivity contribution in [3.05, 3.63) is 16.3 Å². The van der Waals surface area contributed by atoms with E-state index in [1.165, 1.54) is 0 Å². The zero-order valence-electron chi connectivity index (χ0n) is 8.74. The van der Waals surface area contributed by atoms with Crippen LogP contribution in [0.3, 0.4) is 0 Å². The molecule has 0 amide bonds. The summed E-state index contributed by atoms with van der Waals surface area (Å²) < 4.78 is 5.32. The lowest BCUT2D eigenvalue weighted by Gasteiger charge is -2.00. The lowest BCUT2D eigenvalue weighted by atomic mass is 10.5. The monoisotopic (exact) mass is 284 g/mol. The molecule has 7 heteroatoms. The summed E-state index contributed by atoms with van der Waals surface area (Å²) in [6.07, 6.45) is 0. The Morgan fingerprint density at radius 3 is 2.88 bits per heavy atom. The molecule has 0 unspecified atom stereocenters. The number of nitrogens with one attached hydrogen (secondary N) is 1. The number of aromatic nitrogens is 4. The zero-order chi connectivity index (χ0) is 11.7. The van der Waals surface area contributed by atoms with Crippen molar-refractivity contribution in [1.82, 2.24) is 19.9 Å². The fourth-order valence-electron chi connectivity index (χ4n) is 1.27. The highest BCUT2D eigenvalue weighted by molar-refractivity contribution is 9.10. The smallest absolute Gasteiger partial charge is 0.376 e. The third-order valence-electron chi connectivity index (χ3n) is 1.88. The van der Waals surface area contributed by atoms with Crippen LogP contribution in [0.2, 0.25) is 0 Å². The molecule has 0 saturated heterocycles. The second-order valence-corrected chi connectivity index (χ2v) is 3.83. The molecular weight excluding hydrogens is 276 g/mol. The fraction of sp³-hybridized carbons (Fsp3) is 0.333. The molecule has 2 heterocycles. The second kappa shape index (κ2) is 4.17. The first-order valence-corrected chi connectivity index (χ1v) is 5.48. The normalized spacial score (nSPS) is 10.7. The van der Waals surface area contributed by atoms with Crippen molar-refractivity contribution in [3.63, 3.8) is 0 Å². The van der Waals surface area contributed by atoms with Crippen LogP contribution < -0.4 is 0 Å². The van der Waals surface area contributed by atoms with Gasteiger partial charge in [-0.05, 0) is 29.8 Å². The topological polar surface area (TPSA) is 80.8 Å². The van der Waals surface area contributed by atoms with E-state index < -0.39 is 5.97 Å². The Morgan fingerprint density at radius 2 is 2.19 bits per heavy atom. The minimum atomic E-state index is -0.550. The fourth-order valence-corrected chi connectivity index (χ4v) is 1.71. The summed E-state index contributed by atoms with van der Waals surface area (Å²) in [6, 6.07) is 0. The molecule has 0 aliphatic rings. The van der Waals surface area contributed by atoms with Gasteiger partial charge in [-0.2, -0.15) is 0 Å². The second-order valence-electron chi connectivity index (χ2n) is 3.08. The molecular formula is C9H9BrN4O2. The first-order chi connectivity index (χ1) is 7.61. The van der Waals surface area contributed by atoms with Gasteiger partial charge in [-0.15, -0.1) is 0 Å². The molecule has 0 aliphatic carbocycles. The molecule has 2 aromatic rings. The standard InChI is InChI=1S/C9H9BrN4O2/c1-3-16-9(15)8-13-6(10)5-7(14-8)12-4(2)11-5/h3H2,1-2H3,(H,11,12,13,14). The number of ether oxygens (including phenoxy) is 1. The van der Waals surface area contributed by atoms with Crippen LogP contribution >= 0.6 is 15.9 Å². The van der Waals surface area contributed by atoms with Gasteiger partial charge in [-0.25, -0.2) is 19.7 Å². The summed E-state index contributed by atoms with van der Waals surface area (Å²) >= 11 is 3.25. The van der Waals surface area contributed by atoms with Gasteiger partial charge in [0.25, 0.3) is 0 Å². The van der Waals surface area contributed by atoms with Gasteiger partial charge >= 0.3 is 5.97 Å². The van der Waals surface area contributed by atoms with Gasteiger partial charge in [-0.3, -0.25) is 0 Å². The van der Waals surface area contributed by atoms with Gasteiger partial charge in [0, 0.05) is 0 Å². The Bertz CT molecular complexity index is 552. The zero-order valence-corrected chi connectivity index (χ0v) is 10.3. The first kappa shape index (κ1) is 11.0. The predicted octanol–water partition coefficient (Wildman–Crippen LogP) is 1.60. The molecule has 2 aromatic heterocycles. The average Bonchev–Trinajstić information content (AvgIpc) is 2.59. The first-order valence-electron chi connectivity index (χ1n) is 4.68. The molecule has 1 N–H and O–H groups in total. The molecule has 2 rings (SSSR count). The number of aryl methyl sites for hydroxylation is 1. The van der Waals surface area contributed by atoms with Gasteiger partial charge < -0.3 is 9.72 Å². The van der Waals surface area contributed by atoms with Crippen molar-refractivity contribution in [2.45, 2.75) is 13.8 Å². The van der Waals surface area contributed by atoms with Gasteiger partial charge in [0.05, 0.1) is 6.61 Å². The van der Waals surface area contributed by atoms with E-state index in [0.717, 1.165) is 0 Å². The quantitative estimate of drug-likeness (QED) is 0.669. The number of aromatic amines is 1. The van der Waals surface area contributed by atoms with E-state index in [-0.39, 0.29) is 12.4 Å². The Labute approximate surface area is 99.6 Å². The van der Waals surface area contributed by atoms with Gasteiger partial charge in [0.2, 0.25) is 5.82 Å². The van der Waals surface area contributed by atoms with E-state index >= 15 is 0 Å². The van der Waals surface area contributed by atoms with Crippen LogP contribution in [0.15, 0.2) is 4.60 Å². The van der Waals surface area contributed by atoms with Crippen LogP contribution in [0.25, 0.3) is 11.2 Å². The number of hydrogen-bond donors (Lipinski definition) is 1. The molecule has 0 spiro atoms. The van der Waals surface area contributed by atoms with Crippen molar-refractivity contribution in [1.29, 1.82) is 0 Å². The summed E-state index contributed by atoms with van der Waals surface area (Å²) in [5, 5.41) is 0. The lowest BCUT2D eigenvalue weighted by molar-refractivity contribution is 0.0512. The van der Waals surface area contributed by atoms with E-state index in [2.05, 4.69) is 35.9 Å². The van der Waals surface area contributed by atoms with E-state index in [0.29, 0.717) is 21.6 Å². The minimum absolute atomic E-state index is 0.00715. The summed E-state index contributed by atoms with van der Waals surface area (Å²) in [7, 11) is 0. The summed E-state index contributed by atoms with van der Waals surface area (Å²) in [5.74, 6) is 0.171. The number of nitrogens with zero attached hydrogens (tertiary/aromatic N) is 3. The van der Waals surface area contributed by atoms with Crippen molar-refractivity contribution >= 4 is 33.1 Å². The Kier molecular flexibility index (Phi) is 2.86. The third kappa shape index (κ3) is 1.90. The van der Waals surface area contributed by atoms with Crippen LogP contribution in [0.4, 0.5) is 0 Å². The largest absolute Gasteiger partial charge is 0.460 e. The molecule has 16 heavy (non-hydrogen) atoms. The number of imidazole rings is 1. The number of H-pyrrole nitrogens is 1. The Balaban J connectivity index is 2.53. The summed E-state index contributed by atoms with van der Waals surface area (Å²) in [6.45, 7) is 3.82. The maximum Gasteiger partial charge on any atom is 0.376 e. The Hall–Kier alpha value is -1.50. The SMILES string of the molecule is CCOC(=O)c1nc(Br)c2[nH]c(C)nc2n1. The molecule has 0 saturated carbocycles. The van der Waals surface area contributed by atoms with E-state index in [1.54, 1.807) is 13.8 Å². The molecule has 84 valence electrons. The maximum atomic E-state index is 11.4. The average molecular weight is 285 g/mol. The van der Waals surface area contributed by atoms with E-state index in [4.69, 9.17) is 4.74 Å². The summed E-state index contributed by atoms with van der Waals surface area (Å²) in [4.78, 5) is 26.6. The van der Waals surface area contributed by atoms with Crippen LogP contribution in [0.5, 0.6) is 0 Å². The molecule has 0 radical (unpaired) electrons. The molecule has 6 nitrogen and oxygen atoms in total. The number of esters is 1. The number of carbonyl (C=O) groups is 1. The van der Waals surface area contributed by atoms with Crippen molar-refractivity contribution in [2.75, 3.05) is 6.61 Å². The highest BCUT2D eigenvalue weighted by atomic mass is 79.9. The van der Waals surface area contributed by atoms with Gasteiger partial charge in [0.15, 0.2) is 5.65 Å². The van der Waals surface area contributed by atoms with Crippen LogP contribution in [-0.4, -0.2) is 32.5 Å². The van der Waals surface area contributed by atoms with Crippen molar-refractivity contribution < 1.29 is 9.53 Å². The molecule has 0 fully saturated rings. The number of halogens is 1. The highest BCUT2D eigenvalue weighted by Crippen LogP contribution is 2.18. The van der Waals surface area contributed by atoms with Crippen LogP contribution in [-0.2, 0) is 4.74 Å². The third-order valence-corrected chi connectivity index (χ3v) is 2.46. The van der Waals surface area contributed by atoms with E-state index in [9.17, 15) is 4.79 Å². The molecule has 0 bridgehead atoms. The number of hydrogen-bond acceptors (Lipinski definition) is 5. The maximum absolute atomic E-state index is 11.4. The van der Waals surface area contributed by atoms with Gasteiger partial charge in [0.1, 0.15) is 15.9 Å². The molecule has 0 aliphatic heterocycles. The highest BCUT2D eigenvalue weighted by Gasteiger charge is 2.15. The Morgan fingerprint density at radius 1 is 1.44 bits per heavy atom. The minimum Gasteiger partial charge on any atom is -0.460 e. The van der Waals surface area contributed by atoms with Crippen LogP contribution in [0.1, 0.15) is 23.4 Å². The van der Waals surface area contributed by atoms with Crippen LogP contribution in [0, 0.1) is 6.92 Å². The van der Waals surface area contributed by atoms with Gasteiger partial charge in [-0.1, -0.05) is 0 Å². The van der Waals surface area contributed by atoms with Crippen molar-refractivity contribution in [2.24, 2.45) is 0 Å². The molecule has 0 aromatic carbocycles. The van der Waals surface area contributed by atoms with E-state index in [1.807, 2.05) is 0 Å². The molecule has 0 atom stereocenters. The predicted molar refractivity (Wildman–Crippen MR) is 60.1 cm³/mol. The number of carbonyl (C=O) groups excluding carboxylic acids is 1. The number of fused-ring (bicyclic) bond motifs is 1. The van der Waals surface area contributed by atoms with Crippen molar-refractivity contribution in [3.8, 4) is 0 Å². The number of rotatable bonds is 2.